The highest BCUT2D eigenvalue weighted by molar-refractivity contribution is 5.68. The fraction of sp³-hybridized carbons (Fsp3) is 0.562. The van der Waals surface area contributed by atoms with Crippen LogP contribution < -0.4 is 5.32 Å². The van der Waals surface area contributed by atoms with Gasteiger partial charge >= 0.3 is 6.09 Å². The second-order valence-electron chi connectivity index (χ2n) is 5.68. The second kappa shape index (κ2) is 5.64. The first-order valence-electron chi connectivity index (χ1n) is 7.35. The van der Waals surface area contributed by atoms with Crippen molar-refractivity contribution < 1.29 is 9.53 Å². The number of alkyl carbamates (subject to hydrolysis) is 1. The third-order valence-corrected chi connectivity index (χ3v) is 4.15. The van der Waals surface area contributed by atoms with Gasteiger partial charge in [-0.1, -0.05) is 49.6 Å². The second-order valence-corrected chi connectivity index (χ2v) is 5.68. The van der Waals surface area contributed by atoms with Crippen LogP contribution in [0.3, 0.4) is 0 Å². The molecule has 1 aromatic rings. The Kier molecular flexibility index (Phi) is 3.72. The Balaban J connectivity index is 1.44. The van der Waals surface area contributed by atoms with Crippen LogP contribution in [0.25, 0.3) is 0 Å². The van der Waals surface area contributed by atoms with Crippen LogP contribution in [-0.4, -0.2) is 18.2 Å². The average Bonchev–Trinajstić information content (AvgIpc) is 3.20. The van der Waals surface area contributed by atoms with Crippen molar-refractivity contribution in [1.82, 2.24) is 5.32 Å². The molecule has 102 valence electrons. The van der Waals surface area contributed by atoms with Crippen LogP contribution in [0.1, 0.15) is 50.0 Å². The number of amides is 1. The van der Waals surface area contributed by atoms with Gasteiger partial charge in [0.1, 0.15) is 6.10 Å². The number of nitrogens with one attached hydrogen (secondary N) is 1. The molecular weight excluding hydrogens is 238 g/mol. The molecule has 1 aromatic carbocycles. The molecule has 2 fully saturated rings. The van der Waals surface area contributed by atoms with Crippen molar-refractivity contribution in [2.45, 2.75) is 56.6 Å². The van der Waals surface area contributed by atoms with E-state index < -0.39 is 0 Å². The lowest BCUT2D eigenvalue weighted by atomic mass is 9.96. The molecule has 2 aliphatic carbocycles. The minimum Gasteiger partial charge on any atom is -0.446 e. The maximum Gasteiger partial charge on any atom is 0.407 e. The smallest absolute Gasteiger partial charge is 0.407 e. The van der Waals surface area contributed by atoms with E-state index >= 15 is 0 Å². The normalized spacial score (nSPS) is 26.7. The van der Waals surface area contributed by atoms with Gasteiger partial charge in [-0.15, -0.1) is 0 Å². The van der Waals surface area contributed by atoms with Crippen molar-refractivity contribution in [3.63, 3.8) is 0 Å². The van der Waals surface area contributed by atoms with E-state index in [0.717, 1.165) is 19.3 Å². The molecule has 2 atom stereocenters. The average molecular weight is 259 g/mol. The lowest BCUT2D eigenvalue weighted by Gasteiger charge is -2.22. The Hall–Kier alpha value is -1.51. The van der Waals surface area contributed by atoms with Crippen molar-refractivity contribution in [2.75, 3.05) is 0 Å². The molecule has 0 radical (unpaired) electrons. The number of hydrogen-bond donors (Lipinski definition) is 1. The molecule has 2 aliphatic rings. The van der Waals surface area contributed by atoms with Crippen LogP contribution >= 0.6 is 0 Å². The van der Waals surface area contributed by atoms with E-state index in [1.165, 1.54) is 24.8 Å². The molecule has 0 heterocycles. The van der Waals surface area contributed by atoms with E-state index in [1.807, 2.05) is 18.2 Å². The molecule has 0 spiro atoms. The number of ether oxygens (including phenoxy) is 1. The summed E-state index contributed by atoms with van der Waals surface area (Å²) in [5.41, 5.74) is 1.28. The lowest BCUT2D eigenvalue weighted by molar-refractivity contribution is 0.130. The van der Waals surface area contributed by atoms with Crippen LogP contribution in [0, 0.1) is 0 Å². The van der Waals surface area contributed by atoms with E-state index in [0.29, 0.717) is 12.0 Å². The molecule has 2 unspecified atom stereocenters. The predicted octanol–water partition coefficient (Wildman–Crippen LogP) is 3.60. The van der Waals surface area contributed by atoms with Crippen molar-refractivity contribution in [2.24, 2.45) is 0 Å². The fourth-order valence-electron chi connectivity index (χ4n) is 2.94. The zero-order valence-corrected chi connectivity index (χ0v) is 11.2. The fourth-order valence-corrected chi connectivity index (χ4v) is 2.94. The molecule has 3 nitrogen and oxygen atoms in total. The summed E-state index contributed by atoms with van der Waals surface area (Å²) in [4.78, 5) is 11.8. The molecule has 3 heteroatoms. The SMILES string of the molecule is O=C(NC1CCCCC1)OC1CC1c1ccccc1. The van der Waals surface area contributed by atoms with E-state index in [-0.39, 0.29) is 12.2 Å². The summed E-state index contributed by atoms with van der Waals surface area (Å²) >= 11 is 0. The number of hydrogen-bond acceptors (Lipinski definition) is 2. The van der Waals surface area contributed by atoms with E-state index in [2.05, 4.69) is 17.4 Å². The number of rotatable bonds is 3. The maximum absolute atomic E-state index is 11.8. The summed E-state index contributed by atoms with van der Waals surface area (Å²) in [5.74, 6) is 0.401. The van der Waals surface area contributed by atoms with Gasteiger partial charge in [-0.25, -0.2) is 4.79 Å². The highest BCUT2D eigenvalue weighted by Gasteiger charge is 2.42. The molecule has 1 amide bonds. The highest BCUT2D eigenvalue weighted by Crippen LogP contribution is 2.43. The molecule has 0 bridgehead atoms. The Labute approximate surface area is 114 Å². The monoisotopic (exact) mass is 259 g/mol. The summed E-state index contributed by atoms with van der Waals surface area (Å²) in [7, 11) is 0. The number of carbonyl (C=O) groups is 1. The molecular formula is C16H21NO2. The van der Waals surface area contributed by atoms with Gasteiger partial charge in [0, 0.05) is 12.0 Å². The minimum absolute atomic E-state index is 0.0750. The van der Waals surface area contributed by atoms with Crippen LogP contribution in [-0.2, 0) is 4.74 Å². The third-order valence-electron chi connectivity index (χ3n) is 4.15. The van der Waals surface area contributed by atoms with Gasteiger partial charge in [0.05, 0.1) is 0 Å². The van der Waals surface area contributed by atoms with Crippen molar-refractivity contribution in [3.05, 3.63) is 35.9 Å². The Morgan fingerprint density at radius 3 is 2.58 bits per heavy atom. The molecule has 2 saturated carbocycles. The van der Waals surface area contributed by atoms with Crippen LogP contribution in [0.4, 0.5) is 4.79 Å². The van der Waals surface area contributed by atoms with Crippen LogP contribution in [0.2, 0.25) is 0 Å². The summed E-state index contributed by atoms with van der Waals surface area (Å²) in [5, 5.41) is 3.00. The standard InChI is InChI=1S/C16H21NO2/c18-16(17-13-9-5-2-6-10-13)19-15-11-14(15)12-7-3-1-4-8-12/h1,3-4,7-8,13-15H,2,5-6,9-11H2,(H,17,18). The van der Waals surface area contributed by atoms with E-state index in [4.69, 9.17) is 4.74 Å². The highest BCUT2D eigenvalue weighted by atomic mass is 16.6. The molecule has 19 heavy (non-hydrogen) atoms. The Morgan fingerprint density at radius 2 is 1.84 bits per heavy atom. The minimum atomic E-state index is -0.227. The summed E-state index contributed by atoms with van der Waals surface area (Å²) in [6.45, 7) is 0. The van der Waals surface area contributed by atoms with Gasteiger partial charge in [-0.05, 0) is 24.8 Å². The molecule has 3 rings (SSSR count). The van der Waals surface area contributed by atoms with Crippen molar-refractivity contribution in [3.8, 4) is 0 Å². The van der Waals surface area contributed by atoms with E-state index in [1.54, 1.807) is 0 Å². The summed E-state index contributed by atoms with van der Waals surface area (Å²) < 4.78 is 5.48. The van der Waals surface area contributed by atoms with Crippen molar-refractivity contribution >= 4 is 6.09 Å². The van der Waals surface area contributed by atoms with Gasteiger partial charge in [0.2, 0.25) is 0 Å². The maximum atomic E-state index is 11.8. The Morgan fingerprint density at radius 1 is 1.11 bits per heavy atom. The van der Waals surface area contributed by atoms with Gasteiger partial charge < -0.3 is 10.1 Å². The molecule has 0 aliphatic heterocycles. The topological polar surface area (TPSA) is 38.3 Å². The number of benzene rings is 1. The zero-order chi connectivity index (χ0) is 13.1. The molecule has 0 aromatic heterocycles. The quantitative estimate of drug-likeness (QED) is 0.900. The van der Waals surface area contributed by atoms with Crippen LogP contribution in [0.15, 0.2) is 30.3 Å². The summed E-state index contributed by atoms with van der Waals surface area (Å²) in [6.07, 6.45) is 6.75. The molecule has 1 N–H and O–H groups in total. The largest absolute Gasteiger partial charge is 0.446 e. The van der Waals surface area contributed by atoms with E-state index in [9.17, 15) is 4.79 Å². The number of carbonyl (C=O) groups excluding carboxylic acids is 1. The van der Waals surface area contributed by atoms with Crippen LogP contribution in [0.5, 0.6) is 0 Å². The van der Waals surface area contributed by atoms with Gasteiger partial charge in [0.25, 0.3) is 0 Å². The lowest BCUT2D eigenvalue weighted by Crippen LogP contribution is -2.37. The third kappa shape index (κ3) is 3.28. The van der Waals surface area contributed by atoms with Gasteiger partial charge in [-0.2, -0.15) is 0 Å². The Bertz CT molecular complexity index is 426. The first kappa shape index (κ1) is 12.5. The summed E-state index contributed by atoms with van der Waals surface area (Å²) in [6, 6.07) is 10.6. The predicted molar refractivity (Wildman–Crippen MR) is 74.1 cm³/mol. The molecule has 0 saturated heterocycles. The zero-order valence-electron chi connectivity index (χ0n) is 11.2. The first-order chi connectivity index (χ1) is 9.33. The van der Waals surface area contributed by atoms with Crippen molar-refractivity contribution in [1.29, 1.82) is 0 Å². The van der Waals surface area contributed by atoms with Gasteiger partial charge in [0.15, 0.2) is 0 Å². The first-order valence-corrected chi connectivity index (χ1v) is 7.35. The van der Waals surface area contributed by atoms with Gasteiger partial charge in [-0.3, -0.25) is 0 Å².